The lowest BCUT2D eigenvalue weighted by Gasteiger charge is -2.30. The summed E-state index contributed by atoms with van der Waals surface area (Å²) in [5.74, 6) is -1.17. The summed E-state index contributed by atoms with van der Waals surface area (Å²) in [4.78, 5) is 46.2. The molecule has 1 unspecified atom stereocenters. The summed E-state index contributed by atoms with van der Waals surface area (Å²) in [5.41, 5.74) is 18.4. The average Bonchev–Trinajstić information content (AvgIpc) is 2.95. The van der Waals surface area contributed by atoms with E-state index in [9.17, 15) is 14.4 Å². The molecule has 2 aliphatic rings. The number of aromatic amines is 1. The predicted octanol–water partition coefficient (Wildman–Crippen LogP) is 1.42. The van der Waals surface area contributed by atoms with Crippen molar-refractivity contribution in [3.8, 4) is 0 Å². The first-order valence-corrected chi connectivity index (χ1v) is 13.3. The molecule has 1 atom stereocenters. The quantitative estimate of drug-likeness (QED) is 0.124. The second kappa shape index (κ2) is 16.9. The number of nitrogens with two attached hydrogens (primary N) is 3. The van der Waals surface area contributed by atoms with E-state index in [1.165, 1.54) is 18.2 Å². The van der Waals surface area contributed by atoms with E-state index >= 15 is 0 Å². The lowest BCUT2D eigenvalue weighted by atomic mass is 9.96. The highest BCUT2D eigenvalue weighted by Gasteiger charge is 2.33. The molecule has 3 aromatic rings. The molecule has 0 amide bonds. The number of rotatable bonds is 5. The third kappa shape index (κ3) is 10.6. The predicted molar refractivity (Wildman–Crippen MR) is 164 cm³/mol. The van der Waals surface area contributed by atoms with Crippen molar-refractivity contribution in [2.45, 2.75) is 32.5 Å². The number of piperidine rings is 1. The third-order valence-electron chi connectivity index (χ3n) is 6.65. The second-order valence-electron chi connectivity index (χ2n) is 9.79. The average molecular weight is 599 g/mol. The van der Waals surface area contributed by atoms with Gasteiger partial charge in [0, 0.05) is 52.1 Å². The number of benzene rings is 2. The smallest absolute Gasteiger partial charge is 0.317 e. The molecule has 2 aromatic carbocycles. The zero-order chi connectivity index (χ0) is 29.8. The standard InChI is InChI=1S/C14H16N4O.C14H17NO3.CH5N3.ClH/c15-14-16-12-6-7-18(9-11(12)13(19)17-14)8-10-4-2-1-3-5-10;1-18-14(17)12-10-15(8-7-13(12)16)9-11-5-3-2-4-6-11;2-1(3)4;/h1-5H,6-9H2,(H3,15,16,17,19);2-6,12H,7-10H2,1H3;(H5,2,3,4);1H. The Morgan fingerprint density at radius 2 is 1.50 bits per heavy atom. The van der Waals surface area contributed by atoms with Gasteiger partial charge in [-0.25, -0.2) is 4.98 Å². The Labute approximate surface area is 251 Å². The van der Waals surface area contributed by atoms with Gasteiger partial charge in [-0.1, -0.05) is 60.7 Å². The SMILES string of the molecule is COC(=O)C1CN(Cc2ccccc2)CCC1=O.Cl.N=C(N)N.Nc1nc2c(c(=O)[nH]1)CN(Cc1ccccc1)CC2. The van der Waals surface area contributed by atoms with Crippen LogP contribution in [0.2, 0.25) is 0 Å². The van der Waals surface area contributed by atoms with Crippen molar-refractivity contribution in [3.63, 3.8) is 0 Å². The molecule has 2 aliphatic heterocycles. The third-order valence-corrected chi connectivity index (χ3v) is 6.65. The molecule has 8 N–H and O–H groups in total. The zero-order valence-electron chi connectivity index (χ0n) is 23.6. The van der Waals surface area contributed by atoms with E-state index in [0.717, 1.165) is 37.3 Å². The lowest BCUT2D eigenvalue weighted by Crippen LogP contribution is -2.44. The highest BCUT2D eigenvalue weighted by Crippen LogP contribution is 2.18. The van der Waals surface area contributed by atoms with Crippen LogP contribution in [0.15, 0.2) is 65.5 Å². The Kier molecular flexibility index (Phi) is 13.6. The van der Waals surface area contributed by atoms with Gasteiger partial charge in [-0.05, 0) is 11.1 Å². The summed E-state index contributed by atoms with van der Waals surface area (Å²) in [7, 11) is 1.33. The second-order valence-corrected chi connectivity index (χ2v) is 9.79. The first kappa shape index (κ1) is 33.9. The van der Waals surface area contributed by atoms with Crippen molar-refractivity contribution >= 4 is 36.1 Å². The number of nitrogens with zero attached hydrogens (tertiary/aromatic N) is 3. The van der Waals surface area contributed by atoms with E-state index in [-0.39, 0.29) is 35.7 Å². The van der Waals surface area contributed by atoms with E-state index in [2.05, 4.69) is 48.1 Å². The monoisotopic (exact) mass is 598 g/mol. The molecular weight excluding hydrogens is 560 g/mol. The van der Waals surface area contributed by atoms with Crippen molar-refractivity contribution < 1.29 is 14.3 Å². The number of ketones is 1. The molecule has 42 heavy (non-hydrogen) atoms. The number of carbonyl (C=O) groups excluding carboxylic acids is 2. The molecule has 0 bridgehead atoms. The Hall–Kier alpha value is -4.26. The highest BCUT2D eigenvalue weighted by molar-refractivity contribution is 5.99. The van der Waals surface area contributed by atoms with Gasteiger partial charge in [-0.2, -0.15) is 0 Å². The minimum Gasteiger partial charge on any atom is -0.468 e. The number of esters is 1. The molecular formula is C29H39ClN8O4. The van der Waals surface area contributed by atoms with Crippen LogP contribution in [0, 0.1) is 11.3 Å². The van der Waals surface area contributed by atoms with Crippen LogP contribution in [0.25, 0.3) is 0 Å². The number of H-pyrrole nitrogens is 1. The lowest BCUT2D eigenvalue weighted by molar-refractivity contribution is -0.152. The minimum absolute atomic E-state index is 0. The fourth-order valence-corrected chi connectivity index (χ4v) is 4.70. The van der Waals surface area contributed by atoms with E-state index in [0.29, 0.717) is 26.1 Å². The maximum Gasteiger partial charge on any atom is 0.317 e. The maximum atomic E-state index is 11.9. The number of likely N-dealkylation sites (tertiary alicyclic amines) is 1. The summed E-state index contributed by atoms with van der Waals surface area (Å²) < 4.78 is 4.67. The fraction of sp³-hybridized carbons (Fsp3) is 0.345. The number of guanidine groups is 1. The summed E-state index contributed by atoms with van der Waals surface area (Å²) in [6.45, 7) is 4.32. The Morgan fingerprint density at radius 1 is 0.976 bits per heavy atom. The first-order valence-electron chi connectivity index (χ1n) is 13.3. The van der Waals surface area contributed by atoms with Gasteiger partial charge in [-0.15, -0.1) is 12.4 Å². The number of methoxy groups -OCH3 is 1. The van der Waals surface area contributed by atoms with Gasteiger partial charge in [0.25, 0.3) is 5.56 Å². The van der Waals surface area contributed by atoms with E-state index in [1.807, 2.05) is 48.5 Å². The van der Waals surface area contributed by atoms with Crippen LogP contribution in [-0.2, 0) is 40.4 Å². The van der Waals surface area contributed by atoms with Crippen LogP contribution in [0.5, 0.6) is 0 Å². The number of fused-ring (bicyclic) bond motifs is 1. The number of anilines is 1. The van der Waals surface area contributed by atoms with Gasteiger partial charge in [0.2, 0.25) is 5.95 Å². The van der Waals surface area contributed by atoms with Gasteiger partial charge in [0.1, 0.15) is 11.7 Å². The number of halogens is 1. The molecule has 5 rings (SSSR count). The molecule has 1 aromatic heterocycles. The van der Waals surface area contributed by atoms with Crippen LogP contribution < -0.4 is 22.8 Å². The fourth-order valence-electron chi connectivity index (χ4n) is 4.70. The Morgan fingerprint density at radius 3 is 2.05 bits per heavy atom. The van der Waals surface area contributed by atoms with Crippen molar-refractivity contribution in [2.24, 2.45) is 17.4 Å². The van der Waals surface area contributed by atoms with E-state index in [1.54, 1.807) is 0 Å². The van der Waals surface area contributed by atoms with Crippen LogP contribution >= 0.6 is 12.4 Å². The summed E-state index contributed by atoms with van der Waals surface area (Å²) in [6, 6.07) is 20.3. The van der Waals surface area contributed by atoms with Gasteiger partial charge < -0.3 is 21.9 Å². The molecule has 0 spiro atoms. The number of Topliss-reactive ketones (excluding diaryl/α,β-unsaturated/α-hetero) is 1. The van der Waals surface area contributed by atoms with Crippen molar-refractivity contribution in [1.82, 2.24) is 19.8 Å². The number of nitrogen functional groups attached to an aromatic ring is 1. The summed E-state index contributed by atoms with van der Waals surface area (Å²) in [5, 5.41) is 6.06. The van der Waals surface area contributed by atoms with Crippen molar-refractivity contribution in [3.05, 3.63) is 93.4 Å². The van der Waals surface area contributed by atoms with Crippen molar-refractivity contribution in [2.75, 3.05) is 32.5 Å². The molecule has 0 saturated carbocycles. The van der Waals surface area contributed by atoms with Crippen LogP contribution in [0.1, 0.15) is 28.8 Å². The number of hydrogen-bond acceptors (Lipinski definition) is 9. The number of ether oxygens (including phenoxy) is 1. The number of carbonyl (C=O) groups is 2. The Balaban J connectivity index is 0.000000256. The van der Waals surface area contributed by atoms with Crippen LogP contribution in [0.3, 0.4) is 0 Å². The maximum absolute atomic E-state index is 11.9. The first-order chi connectivity index (χ1) is 19.7. The number of nitrogens with one attached hydrogen (secondary N) is 2. The molecule has 13 heteroatoms. The van der Waals surface area contributed by atoms with Gasteiger partial charge >= 0.3 is 5.97 Å². The van der Waals surface area contributed by atoms with Crippen molar-refractivity contribution in [1.29, 1.82) is 5.41 Å². The normalized spacial score (nSPS) is 16.3. The zero-order valence-corrected chi connectivity index (χ0v) is 24.4. The molecule has 0 aliphatic carbocycles. The molecule has 226 valence electrons. The van der Waals surface area contributed by atoms with Gasteiger partial charge in [0.05, 0.1) is 18.4 Å². The molecule has 1 fully saturated rings. The largest absolute Gasteiger partial charge is 0.468 e. The molecule has 3 heterocycles. The number of aromatic nitrogens is 2. The molecule has 0 radical (unpaired) electrons. The molecule has 1 saturated heterocycles. The van der Waals surface area contributed by atoms with Gasteiger partial charge in [-0.3, -0.25) is 34.6 Å². The van der Waals surface area contributed by atoms with Crippen LogP contribution in [0.4, 0.5) is 5.95 Å². The van der Waals surface area contributed by atoms with E-state index < -0.39 is 11.9 Å². The molecule has 12 nitrogen and oxygen atoms in total. The van der Waals surface area contributed by atoms with E-state index in [4.69, 9.17) is 11.1 Å². The summed E-state index contributed by atoms with van der Waals surface area (Å²) in [6.07, 6.45) is 1.20. The number of hydrogen-bond donors (Lipinski definition) is 5. The van der Waals surface area contributed by atoms with Gasteiger partial charge in [0.15, 0.2) is 5.96 Å². The minimum atomic E-state index is -0.618. The highest BCUT2D eigenvalue weighted by atomic mass is 35.5. The van der Waals surface area contributed by atoms with Crippen LogP contribution in [-0.4, -0.2) is 64.2 Å². The Bertz CT molecular complexity index is 1360. The topological polar surface area (TPSA) is 198 Å². The summed E-state index contributed by atoms with van der Waals surface area (Å²) >= 11 is 0.